The predicted molar refractivity (Wildman–Crippen MR) is 99.0 cm³/mol. The van der Waals surface area contributed by atoms with Gasteiger partial charge in [0.15, 0.2) is 0 Å². The van der Waals surface area contributed by atoms with E-state index in [0.29, 0.717) is 13.1 Å². The van der Waals surface area contributed by atoms with E-state index < -0.39 is 0 Å². The molecule has 0 fully saturated rings. The van der Waals surface area contributed by atoms with Gasteiger partial charge >= 0.3 is 6.03 Å². The Labute approximate surface area is 149 Å². The number of nitrogens with zero attached hydrogens (tertiary/aromatic N) is 3. The Hall–Kier alpha value is -2.50. The summed E-state index contributed by atoms with van der Waals surface area (Å²) in [5, 5.41) is 7.46. The number of likely N-dealkylation sites (N-methyl/N-ethyl adjacent to an activating group) is 1. The van der Waals surface area contributed by atoms with E-state index in [0.717, 1.165) is 29.1 Å². The number of para-hydroxylation sites is 1. The second kappa shape index (κ2) is 8.55. The molecule has 1 heterocycles. The number of aryl methyl sites for hydroxylation is 2. The molecule has 0 aliphatic rings. The lowest BCUT2D eigenvalue weighted by Crippen LogP contribution is -2.44. The fourth-order valence-electron chi connectivity index (χ4n) is 2.79. The quantitative estimate of drug-likeness (QED) is 0.840. The standard InChI is InChI=1S/C19H28N4O2/c1-14-12-16(3)23(21-14)13-15(2)20-19(24)22(4)11-10-17-8-6-7-9-18(17)25-5/h6-9,12,15H,10-11,13H2,1-5H3,(H,20,24)/t15-/m0/s1. The third kappa shape index (κ3) is 5.24. The molecule has 2 aromatic rings. The van der Waals surface area contributed by atoms with E-state index in [4.69, 9.17) is 4.74 Å². The number of carbonyl (C=O) groups is 1. The number of benzene rings is 1. The zero-order valence-corrected chi connectivity index (χ0v) is 15.7. The van der Waals surface area contributed by atoms with Crippen LogP contribution in [0.1, 0.15) is 23.9 Å². The van der Waals surface area contributed by atoms with Gasteiger partial charge in [-0.15, -0.1) is 0 Å². The number of methoxy groups -OCH3 is 1. The van der Waals surface area contributed by atoms with Crippen molar-refractivity contribution in [2.45, 2.75) is 39.8 Å². The lowest BCUT2D eigenvalue weighted by atomic mass is 10.1. The Morgan fingerprint density at radius 3 is 2.72 bits per heavy atom. The number of carbonyl (C=O) groups excluding carboxylic acids is 1. The second-order valence-electron chi connectivity index (χ2n) is 6.44. The van der Waals surface area contributed by atoms with Crippen molar-refractivity contribution in [1.82, 2.24) is 20.0 Å². The van der Waals surface area contributed by atoms with Crippen LogP contribution in [0.2, 0.25) is 0 Å². The first-order valence-electron chi connectivity index (χ1n) is 8.55. The fraction of sp³-hybridized carbons (Fsp3) is 0.474. The van der Waals surface area contributed by atoms with Crippen LogP contribution in [0.4, 0.5) is 4.79 Å². The maximum Gasteiger partial charge on any atom is 0.317 e. The molecule has 0 spiro atoms. The minimum atomic E-state index is -0.0797. The summed E-state index contributed by atoms with van der Waals surface area (Å²) in [6.45, 7) is 7.26. The minimum Gasteiger partial charge on any atom is -0.496 e. The molecule has 2 rings (SSSR count). The maximum absolute atomic E-state index is 12.4. The summed E-state index contributed by atoms with van der Waals surface area (Å²) in [4.78, 5) is 14.1. The van der Waals surface area contributed by atoms with Crippen LogP contribution in [0.15, 0.2) is 30.3 Å². The summed E-state index contributed by atoms with van der Waals surface area (Å²) in [5.41, 5.74) is 3.19. The van der Waals surface area contributed by atoms with Crippen molar-refractivity contribution >= 4 is 6.03 Å². The first kappa shape index (κ1) is 18.8. The average Bonchev–Trinajstić information content (AvgIpc) is 2.89. The number of hydrogen-bond donors (Lipinski definition) is 1. The molecular weight excluding hydrogens is 316 g/mol. The van der Waals surface area contributed by atoms with Gasteiger partial charge in [0.2, 0.25) is 0 Å². The van der Waals surface area contributed by atoms with Gasteiger partial charge in [0.05, 0.1) is 19.3 Å². The summed E-state index contributed by atoms with van der Waals surface area (Å²) in [5.74, 6) is 0.856. The molecule has 6 nitrogen and oxygen atoms in total. The van der Waals surface area contributed by atoms with Crippen LogP contribution in [-0.4, -0.2) is 47.5 Å². The maximum atomic E-state index is 12.4. The van der Waals surface area contributed by atoms with Crippen molar-refractivity contribution in [3.8, 4) is 5.75 Å². The average molecular weight is 344 g/mol. The van der Waals surface area contributed by atoms with Gasteiger partial charge < -0.3 is 15.0 Å². The first-order valence-corrected chi connectivity index (χ1v) is 8.55. The van der Waals surface area contributed by atoms with E-state index in [1.165, 1.54) is 0 Å². The molecule has 136 valence electrons. The van der Waals surface area contributed by atoms with Gasteiger partial charge in [0.25, 0.3) is 0 Å². The topological polar surface area (TPSA) is 59.4 Å². The molecule has 0 radical (unpaired) electrons. The highest BCUT2D eigenvalue weighted by atomic mass is 16.5. The first-order chi connectivity index (χ1) is 11.9. The van der Waals surface area contributed by atoms with Crippen LogP contribution in [0, 0.1) is 13.8 Å². The van der Waals surface area contributed by atoms with Gasteiger partial charge in [-0.2, -0.15) is 5.10 Å². The molecule has 25 heavy (non-hydrogen) atoms. The molecule has 0 aliphatic carbocycles. The number of aromatic nitrogens is 2. The molecule has 1 N–H and O–H groups in total. The van der Waals surface area contributed by atoms with E-state index in [1.807, 2.05) is 55.8 Å². The smallest absolute Gasteiger partial charge is 0.317 e. The van der Waals surface area contributed by atoms with Crippen molar-refractivity contribution in [2.75, 3.05) is 20.7 Å². The fourth-order valence-corrected chi connectivity index (χ4v) is 2.79. The molecule has 0 unspecified atom stereocenters. The Morgan fingerprint density at radius 1 is 1.36 bits per heavy atom. The molecular formula is C19H28N4O2. The van der Waals surface area contributed by atoms with Gasteiger partial charge in [-0.05, 0) is 44.9 Å². The lowest BCUT2D eigenvalue weighted by Gasteiger charge is -2.22. The largest absolute Gasteiger partial charge is 0.496 e. The Kier molecular flexibility index (Phi) is 6.44. The highest BCUT2D eigenvalue weighted by molar-refractivity contribution is 5.74. The Balaban J connectivity index is 1.84. The third-order valence-electron chi connectivity index (χ3n) is 4.18. The highest BCUT2D eigenvalue weighted by Crippen LogP contribution is 2.17. The van der Waals surface area contributed by atoms with Crippen LogP contribution in [0.3, 0.4) is 0 Å². The van der Waals surface area contributed by atoms with Crippen LogP contribution in [0.25, 0.3) is 0 Å². The summed E-state index contributed by atoms with van der Waals surface area (Å²) >= 11 is 0. The summed E-state index contributed by atoms with van der Waals surface area (Å²) in [6.07, 6.45) is 0.750. The number of rotatable bonds is 7. The molecule has 0 saturated carbocycles. The van der Waals surface area contributed by atoms with Crippen molar-refractivity contribution in [3.05, 3.63) is 47.3 Å². The van der Waals surface area contributed by atoms with Crippen LogP contribution >= 0.6 is 0 Å². The molecule has 2 amide bonds. The molecule has 0 saturated heterocycles. The number of ether oxygens (including phenoxy) is 1. The molecule has 6 heteroatoms. The molecule has 0 aliphatic heterocycles. The van der Waals surface area contributed by atoms with E-state index in [1.54, 1.807) is 19.1 Å². The van der Waals surface area contributed by atoms with Crippen LogP contribution < -0.4 is 10.1 Å². The number of hydrogen-bond acceptors (Lipinski definition) is 3. The van der Waals surface area contributed by atoms with Crippen molar-refractivity contribution in [2.24, 2.45) is 0 Å². The van der Waals surface area contributed by atoms with E-state index in [-0.39, 0.29) is 12.1 Å². The molecule has 1 aromatic carbocycles. The monoisotopic (exact) mass is 344 g/mol. The summed E-state index contributed by atoms with van der Waals surface area (Å²) < 4.78 is 7.28. The van der Waals surface area contributed by atoms with Gasteiger partial charge in [0.1, 0.15) is 5.75 Å². The summed E-state index contributed by atoms with van der Waals surface area (Å²) in [7, 11) is 3.47. The Bertz CT molecular complexity index is 711. The third-order valence-corrected chi connectivity index (χ3v) is 4.18. The van der Waals surface area contributed by atoms with E-state index in [9.17, 15) is 4.79 Å². The molecule has 0 bridgehead atoms. The molecule has 1 atom stereocenters. The van der Waals surface area contributed by atoms with E-state index in [2.05, 4.69) is 10.4 Å². The summed E-state index contributed by atoms with van der Waals surface area (Å²) in [6, 6.07) is 9.84. The zero-order chi connectivity index (χ0) is 18.4. The van der Waals surface area contributed by atoms with Crippen molar-refractivity contribution in [3.63, 3.8) is 0 Å². The normalized spacial score (nSPS) is 11.9. The van der Waals surface area contributed by atoms with Gasteiger partial charge in [-0.3, -0.25) is 4.68 Å². The van der Waals surface area contributed by atoms with E-state index >= 15 is 0 Å². The minimum absolute atomic E-state index is 0.000730. The van der Waals surface area contributed by atoms with Gasteiger partial charge in [-0.1, -0.05) is 18.2 Å². The highest BCUT2D eigenvalue weighted by Gasteiger charge is 2.14. The number of urea groups is 1. The Morgan fingerprint density at radius 2 is 2.08 bits per heavy atom. The number of nitrogens with one attached hydrogen (secondary N) is 1. The zero-order valence-electron chi connectivity index (χ0n) is 15.7. The number of amides is 2. The van der Waals surface area contributed by atoms with Crippen LogP contribution in [0.5, 0.6) is 5.75 Å². The van der Waals surface area contributed by atoms with Gasteiger partial charge in [0, 0.05) is 25.3 Å². The molecule has 1 aromatic heterocycles. The SMILES string of the molecule is COc1ccccc1CCN(C)C(=O)N[C@@H](C)Cn1nc(C)cc1C. The van der Waals surface area contributed by atoms with Crippen LogP contribution in [-0.2, 0) is 13.0 Å². The second-order valence-corrected chi connectivity index (χ2v) is 6.44. The van der Waals surface area contributed by atoms with Gasteiger partial charge in [-0.25, -0.2) is 4.79 Å². The predicted octanol–water partition coefficient (Wildman–Crippen LogP) is 2.78. The van der Waals surface area contributed by atoms with Crippen molar-refractivity contribution in [1.29, 1.82) is 0 Å². The van der Waals surface area contributed by atoms with Crippen molar-refractivity contribution < 1.29 is 9.53 Å². The lowest BCUT2D eigenvalue weighted by molar-refractivity contribution is 0.204.